The third-order valence-electron chi connectivity index (χ3n) is 3.89. The monoisotopic (exact) mass is 366 g/mol. The number of nitrogens with one attached hydrogen (secondary N) is 3. The second-order valence-corrected chi connectivity index (χ2v) is 6.46. The van der Waals surface area contributed by atoms with Gasteiger partial charge in [-0.3, -0.25) is 10.9 Å². The first-order valence-electron chi connectivity index (χ1n) is 7.32. The third kappa shape index (κ3) is 5.10. The van der Waals surface area contributed by atoms with E-state index in [0.29, 0.717) is 17.1 Å². The number of rotatable bonds is 3. The fourth-order valence-corrected chi connectivity index (χ4v) is 2.95. The van der Waals surface area contributed by atoms with Gasteiger partial charge in [0.1, 0.15) is 0 Å². The highest BCUT2D eigenvalue weighted by atomic mass is 35.5. The highest BCUT2D eigenvalue weighted by Gasteiger charge is 2.31. The number of hydrazine groups is 1. The average molecular weight is 367 g/mol. The summed E-state index contributed by atoms with van der Waals surface area (Å²) in [5.74, 6) is 0.608. The lowest BCUT2D eigenvalue weighted by Gasteiger charge is -2.30. The first kappa shape index (κ1) is 18.1. The Bertz CT molecular complexity index is 567. The van der Waals surface area contributed by atoms with E-state index in [0.717, 1.165) is 31.5 Å². The van der Waals surface area contributed by atoms with E-state index in [4.69, 9.17) is 23.8 Å². The van der Waals surface area contributed by atoms with Crippen LogP contribution in [0.2, 0.25) is 5.02 Å². The molecule has 0 aromatic carbocycles. The van der Waals surface area contributed by atoms with Crippen LogP contribution in [0.1, 0.15) is 38.2 Å². The third-order valence-corrected chi connectivity index (χ3v) is 4.40. The van der Waals surface area contributed by atoms with Crippen LogP contribution in [0.15, 0.2) is 12.3 Å². The molecule has 1 saturated carbocycles. The van der Waals surface area contributed by atoms with Crippen LogP contribution in [0.25, 0.3) is 0 Å². The highest BCUT2D eigenvalue weighted by Crippen LogP contribution is 2.32. The van der Waals surface area contributed by atoms with E-state index in [2.05, 4.69) is 28.1 Å². The van der Waals surface area contributed by atoms with Gasteiger partial charge in [-0.15, -0.1) is 0 Å². The zero-order chi connectivity index (χ0) is 17.0. The average Bonchev–Trinajstić information content (AvgIpc) is 2.47. The molecule has 0 bridgehead atoms. The molecule has 1 aromatic heterocycles. The van der Waals surface area contributed by atoms with Crippen molar-refractivity contribution in [3.05, 3.63) is 22.8 Å². The quantitative estimate of drug-likeness (QED) is 0.555. The van der Waals surface area contributed by atoms with Gasteiger partial charge in [0.05, 0.1) is 10.6 Å². The SMILES string of the molecule is C[C@H]1CCCC[C@H]1NC(=S)NNc1ncc(C(F)(F)F)cc1Cl. The maximum Gasteiger partial charge on any atom is 0.417 e. The van der Waals surface area contributed by atoms with Crippen LogP contribution in [0.5, 0.6) is 0 Å². The number of anilines is 1. The van der Waals surface area contributed by atoms with Gasteiger partial charge < -0.3 is 5.32 Å². The first-order chi connectivity index (χ1) is 10.8. The van der Waals surface area contributed by atoms with Crippen molar-refractivity contribution < 1.29 is 13.2 Å². The van der Waals surface area contributed by atoms with Gasteiger partial charge >= 0.3 is 6.18 Å². The van der Waals surface area contributed by atoms with Gasteiger partial charge in [-0.1, -0.05) is 31.4 Å². The van der Waals surface area contributed by atoms with Crippen molar-refractivity contribution in [3.63, 3.8) is 0 Å². The zero-order valence-electron chi connectivity index (χ0n) is 12.5. The summed E-state index contributed by atoms with van der Waals surface area (Å²) in [5, 5.41) is 3.43. The Morgan fingerprint density at radius 3 is 2.65 bits per heavy atom. The predicted octanol–water partition coefficient (Wildman–Crippen LogP) is 4.12. The number of thiocarbonyl (C=S) groups is 1. The van der Waals surface area contributed by atoms with Crippen molar-refractivity contribution in [1.82, 2.24) is 15.7 Å². The summed E-state index contributed by atoms with van der Waals surface area (Å²) in [4.78, 5) is 3.67. The molecule has 23 heavy (non-hydrogen) atoms. The van der Waals surface area contributed by atoms with Crippen molar-refractivity contribution in [1.29, 1.82) is 0 Å². The van der Waals surface area contributed by atoms with Gasteiger partial charge in [0.15, 0.2) is 10.9 Å². The Balaban J connectivity index is 1.89. The van der Waals surface area contributed by atoms with E-state index in [1.807, 2.05) is 0 Å². The molecule has 0 radical (unpaired) electrons. The molecule has 2 atom stereocenters. The zero-order valence-corrected chi connectivity index (χ0v) is 14.1. The fourth-order valence-electron chi connectivity index (χ4n) is 2.54. The van der Waals surface area contributed by atoms with Gasteiger partial charge in [-0.2, -0.15) is 13.2 Å². The molecule has 1 aromatic rings. The molecule has 4 nitrogen and oxygen atoms in total. The first-order valence-corrected chi connectivity index (χ1v) is 8.11. The molecule has 3 N–H and O–H groups in total. The van der Waals surface area contributed by atoms with Crippen LogP contribution >= 0.6 is 23.8 Å². The Labute approximate surface area is 143 Å². The predicted molar refractivity (Wildman–Crippen MR) is 88.2 cm³/mol. The number of hydrogen-bond donors (Lipinski definition) is 3. The lowest BCUT2D eigenvalue weighted by Crippen LogP contribution is -2.47. The molecule has 9 heteroatoms. The molecule has 1 fully saturated rings. The number of nitrogens with zero attached hydrogens (tertiary/aromatic N) is 1. The van der Waals surface area contributed by atoms with Crippen molar-refractivity contribution in [2.24, 2.45) is 5.92 Å². The number of hydrogen-bond acceptors (Lipinski definition) is 3. The second kappa shape index (κ2) is 7.53. The van der Waals surface area contributed by atoms with Gasteiger partial charge in [-0.25, -0.2) is 4.98 Å². The maximum atomic E-state index is 12.5. The summed E-state index contributed by atoms with van der Waals surface area (Å²) in [7, 11) is 0. The van der Waals surface area contributed by atoms with Gasteiger partial charge in [0.25, 0.3) is 0 Å². The molecule has 1 aliphatic carbocycles. The van der Waals surface area contributed by atoms with Crippen LogP contribution in [0, 0.1) is 5.92 Å². The molecule has 1 heterocycles. The molecule has 0 saturated heterocycles. The van der Waals surface area contributed by atoms with E-state index in [1.165, 1.54) is 6.42 Å². The standard InChI is InChI=1S/C14H18ClF3N4S/c1-8-4-2-3-5-11(8)20-13(23)22-21-12-10(15)6-9(7-19-12)14(16,17)18/h6-8,11H,2-5H2,1H3,(H,19,21)(H2,20,22,23)/t8-,11+/m0/s1. The topological polar surface area (TPSA) is 49.0 Å². The number of alkyl halides is 3. The van der Waals surface area contributed by atoms with Crippen molar-refractivity contribution in [3.8, 4) is 0 Å². The van der Waals surface area contributed by atoms with Crippen molar-refractivity contribution in [2.45, 2.75) is 44.8 Å². The highest BCUT2D eigenvalue weighted by molar-refractivity contribution is 7.80. The summed E-state index contributed by atoms with van der Waals surface area (Å²) in [5.41, 5.74) is 4.44. The molecule has 1 aliphatic rings. The minimum absolute atomic E-state index is 0.0838. The molecule has 0 spiro atoms. The molecular formula is C14H18ClF3N4S. The lowest BCUT2D eigenvalue weighted by atomic mass is 9.86. The van der Waals surface area contributed by atoms with Crippen molar-refractivity contribution in [2.75, 3.05) is 5.43 Å². The Kier molecular flexibility index (Phi) is 5.91. The fraction of sp³-hybridized carbons (Fsp3) is 0.571. The van der Waals surface area contributed by atoms with Crippen LogP contribution in [0.4, 0.5) is 19.0 Å². The summed E-state index contributed by atoms with van der Waals surface area (Å²) in [6, 6.07) is 1.11. The summed E-state index contributed by atoms with van der Waals surface area (Å²) < 4.78 is 37.6. The summed E-state index contributed by atoms with van der Waals surface area (Å²) in [6.07, 6.45) is 0.821. The summed E-state index contributed by atoms with van der Waals surface area (Å²) in [6.45, 7) is 2.17. The smallest absolute Gasteiger partial charge is 0.358 e. The number of aromatic nitrogens is 1. The van der Waals surface area contributed by atoms with Crippen LogP contribution in [-0.2, 0) is 6.18 Å². The number of halogens is 4. The van der Waals surface area contributed by atoms with Gasteiger partial charge in [0, 0.05) is 12.2 Å². The Morgan fingerprint density at radius 1 is 1.35 bits per heavy atom. The molecule has 0 aliphatic heterocycles. The normalized spacial score (nSPS) is 21.6. The lowest BCUT2D eigenvalue weighted by molar-refractivity contribution is -0.137. The summed E-state index contributed by atoms with van der Waals surface area (Å²) >= 11 is 11.0. The maximum absolute atomic E-state index is 12.5. The Hall–Kier alpha value is -1.28. The van der Waals surface area contributed by atoms with E-state index in [-0.39, 0.29) is 10.8 Å². The molecule has 2 rings (SSSR count). The molecule has 0 amide bonds. The van der Waals surface area contributed by atoms with Crippen LogP contribution in [-0.4, -0.2) is 16.1 Å². The Morgan fingerprint density at radius 2 is 2.04 bits per heavy atom. The van der Waals surface area contributed by atoms with Gasteiger partial charge in [-0.05, 0) is 37.0 Å². The van der Waals surface area contributed by atoms with E-state index < -0.39 is 11.7 Å². The van der Waals surface area contributed by atoms with E-state index in [1.54, 1.807) is 0 Å². The number of pyridine rings is 1. The molecular weight excluding hydrogens is 349 g/mol. The minimum atomic E-state index is -4.48. The molecule has 0 unspecified atom stereocenters. The van der Waals surface area contributed by atoms with Crippen LogP contribution < -0.4 is 16.2 Å². The minimum Gasteiger partial charge on any atom is -0.358 e. The van der Waals surface area contributed by atoms with E-state index >= 15 is 0 Å². The molecule has 128 valence electrons. The second-order valence-electron chi connectivity index (χ2n) is 5.64. The van der Waals surface area contributed by atoms with Crippen LogP contribution in [0.3, 0.4) is 0 Å². The van der Waals surface area contributed by atoms with Gasteiger partial charge in [0.2, 0.25) is 0 Å². The van der Waals surface area contributed by atoms with Crippen molar-refractivity contribution >= 4 is 34.7 Å². The van der Waals surface area contributed by atoms with E-state index in [9.17, 15) is 13.2 Å². The largest absolute Gasteiger partial charge is 0.417 e.